The van der Waals surface area contributed by atoms with Crippen molar-refractivity contribution in [2.75, 3.05) is 4.90 Å². The van der Waals surface area contributed by atoms with E-state index in [0.29, 0.717) is 0 Å². The first-order valence-corrected chi connectivity index (χ1v) is 14.5. The van der Waals surface area contributed by atoms with Crippen molar-refractivity contribution in [2.24, 2.45) is 0 Å². The molecule has 7 aromatic rings. The van der Waals surface area contributed by atoms with Crippen LogP contribution in [0.1, 0.15) is 0 Å². The number of anilines is 3. The fourth-order valence-corrected chi connectivity index (χ4v) is 6.76. The van der Waals surface area contributed by atoms with Gasteiger partial charge < -0.3 is 4.90 Å². The molecule has 4 heteroatoms. The number of hydrogen-bond acceptors (Lipinski definition) is 3. The van der Waals surface area contributed by atoms with E-state index in [2.05, 4.69) is 161 Å². The topological polar surface area (TPSA) is 21.1 Å². The first-order valence-electron chi connectivity index (χ1n) is 13.7. The van der Waals surface area contributed by atoms with E-state index in [0.717, 1.165) is 33.8 Å². The summed E-state index contributed by atoms with van der Waals surface area (Å²) in [6.07, 6.45) is 0. The van der Waals surface area contributed by atoms with E-state index in [1.807, 2.05) is 11.8 Å². The molecule has 0 atom stereocenters. The van der Waals surface area contributed by atoms with Crippen molar-refractivity contribution in [2.45, 2.75) is 9.79 Å². The lowest BCUT2D eigenvalue weighted by Crippen LogP contribution is -2.14. The van der Waals surface area contributed by atoms with Crippen LogP contribution >= 0.6 is 11.8 Å². The molecule has 41 heavy (non-hydrogen) atoms. The van der Waals surface area contributed by atoms with Crippen molar-refractivity contribution in [3.05, 3.63) is 152 Å². The van der Waals surface area contributed by atoms with E-state index in [1.54, 1.807) is 0 Å². The molecule has 2 heterocycles. The Kier molecular flexibility index (Phi) is 5.71. The third-order valence-electron chi connectivity index (χ3n) is 7.59. The van der Waals surface area contributed by atoms with Gasteiger partial charge in [-0.2, -0.15) is 0 Å². The number of imidazole rings is 1. The standard InChI is InChI=1S/C37H25N3S/c1-3-11-26(12-4-1)27-19-22-30(23-20-27)40-32-16-8-7-15-31(32)38-37(40)28-21-24-34-36(25-28)41-35-18-10-9-17-33(35)39(34)29-13-5-2-6-14-29/h1-25H. The predicted molar refractivity (Wildman–Crippen MR) is 171 cm³/mol. The van der Waals surface area contributed by atoms with Crippen molar-refractivity contribution in [3.8, 4) is 28.2 Å². The zero-order valence-corrected chi connectivity index (χ0v) is 23.0. The summed E-state index contributed by atoms with van der Waals surface area (Å²) in [6, 6.07) is 53.6. The van der Waals surface area contributed by atoms with Gasteiger partial charge in [0.05, 0.1) is 22.4 Å². The Morgan fingerprint density at radius 2 is 1.10 bits per heavy atom. The van der Waals surface area contributed by atoms with Crippen LogP contribution in [0.2, 0.25) is 0 Å². The molecular weight excluding hydrogens is 518 g/mol. The number of benzene rings is 6. The maximum absolute atomic E-state index is 5.15. The summed E-state index contributed by atoms with van der Waals surface area (Å²) in [5.74, 6) is 0.937. The third kappa shape index (κ3) is 4.12. The lowest BCUT2D eigenvalue weighted by atomic mass is 10.1. The Labute approximate surface area is 243 Å². The molecular formula is C37H25N3S. The van der Waals surface area contributed by atoms with Crippen LogP contribution in [0.25, 0.3) is 39.2 Å². The molecule has 0 spiro atoms. The molecule has 0 N–H and O–H groups in total. The highest BCUT2D eigenvalue weighted by Gasteiger charge is 2.26. The third-order valence-corrected chi connectivity index (χ3v) is 8.70. The molecule has 0 aliphatic carbocycles. The average Bonchev–Trinajstić information content (AvgIpc) is 3.44. The number of aromatic nitrogens is 2. The second-order valence-corrected chi connectivity index (χ2v) is 11.2. The van der Waals surface area contributed by atoms with Gasteiger partial charge in [0.25, 0.3) is 0 Å². The summed E-state index contributed by atoms with van der Waals surface area (Å²) in [4.78, 5) is 9.96. The van der Waals surface area contributed by atoms with Crippen molar-refractivity contribution < 1.29 is 0 Å². The van der Waals surface area contributed by atoms with Gasteiger partial charge in [0, 0.05) is 26.7 Å². The molecule has 0 saturated carbocycles. The van der Waals surface area contributed by atoms with Gasteiger partial charge in [0.15, 0.2) is 0 Å². The lowest BCUT2D eigenvalue weighted by molar-refractivity contribution is 1.10. The Hall–Kier alpha value is -5.06. The summed E-state index contributed by atoms with van der Waals surface area (Å²) in [5.41, 5.74) is 10.2. The molecule has 6 aromatic carbocycles. The number of rotatable bonds is 4. The van der Waals surface area contributed by atoms with Gasteiger partial charge in [-0.05, 0) is 77.9 Å². The van der Waals surface area contributed by atoms with E-state index in [-0.39, 0.29) is 0 Å². The molecule has 1 aliphatic heterocycles. The molecule has 8 rings (SSSR count). The monoisotopic (exact) mass is 543 g/mol. The fourth-order valence-electron chi connectivity index (χ4n) is 5.67. The summed E-state index contributed by atoms with van der Waals surface area (Å²) >= 11 is 1.82. The number of hydrogen-bond donors (Lipinski definition) is 0. The number of fused-ring (bicyclic) bond motifs is 3. The molecule has 1 aliphatic rings. The largest absolute Gasteiger partial charge is 0.308 e. The molecule has 0 radical (unpaired) electrons. The fraction of sp³-hybridized carbons (Fsp3) is 0. The van der Waals surface area contributed by atoms with Crippen LogP contribution in [0.5, 0.6) is 0 Å². The van der Waals surface area contributed by atoms with Gasteiger partial charge in [-0.1, -0.05) is 96.7 Å². The Balaban J connectivity index is 1.27. The summed E-state index contributed by atoms with van der Waals surface area (Å²) in [6.45, 7) is 0. The van der Waals surface area contributed by atoms with Crippen molar-refractivity contribution in [1.29, 1.82) is 0 Å². The van der Waals surface area contributed by atoms with Crippen LogP contribution in [0, 0.1) is 0 Å². The van der Waals surface area contributed by atoms with Crippen LogP contribution in [0.3, 0.4) is 0 Å². The van der Waals surface area contributed by atoms with Crippen LogP contribution in [0.15, 0.2) is 161 Å². The van der Waals surface area contributed by atoms with Crippen molar-refractivity contribution >= 4 is 39.9 Å². The first-order chi connectivity index (χ1) is 20.3. The zero-order valence-electron chi connectivity index (χ0n) is 22.2. The number of nitrogens with zero attached hydrogens (tertiary/aromatic N) is 3. The van der Waals surface area contributed by atoms with Crippen LogP contribution in [-0.4, -0.2) is 9.55 Å². The lowest BCUT2D eigenvalue weighted by Gasteiger charge is -2.33. The van der Waals surface area contributed by atoms with Crippen LogP contribution in [-0.2, 0) is 0 Å². The zero-order chi connectivity index (χ0) is 27.2. The first kappa shape index (κ1) is 23.8. The van der Waals surface area contributed by atoms with Gasteiger partial charge in [-0.3, -0.25) is 4.57 Å². The highest BCUT2D eigenvalue weighted by molar-refractivity contribution is 7.99. The predicted octanol–water partition coefficient (Wildman–Crippen LogP) is 10.3. The molecule has 194 valence electrons. The Morgan fingerprint density at radius 3 is 1.93 bits per heavy atom. The van der Waals surface area contributed by atoms with Gasteiger partial charge in [0.2, 0.25) is 0 Å². The molecule has 0 fully saturated rings. The van der Waals surface area contributed by atoms with Crippen molar-refractivity contribution in [3.63, 3.8) is 0 Å². The van der Waals surface area contributed by atoms with E-state index in [4.69, 9.17) is 4.98 Å². The normalized spacial score (nSPS) is 12.2. The maximum Gasteiger partial charge on any atom is 0.145 e. The second-order valence-electron chi connectivity index (χ2n) is 10.1. The summed E-state index contributed by atoms with van der Waals surface area (Å²) in [5, 5.41) is 0. The van der Waals surface area contributed by atoms with Gasteiger partial charge >= 0.3 is 0 Å². The van der Waals surface area contributed by atoms with E-state index in [9.17, 15) is 0 Å². The van der Waals surface area contributed by atoms with Gasteiger partial charge in [-0.15, -0.1) is 0 Å². The highest BCUT2D eigenvalue weighted by atomic mass is 32.2. The Morgan fingerprint density at radius 1 is 0.463 bits per heavy atom. The minimum Gasteiger partial charge on any atom is -0.308 e. The molecule has 0 saturated heterocycles. The highest BCUT2D eigenvalue weighted by Crippen LogP contribution is 2.52. The molecule has 0 bridgehead atoms. The average molecular weight is 544 g/mol. The second kappa shape index (κ2) is 9.84. The quantitative estimate of drug-likeness (QED) is 0.220. The number of para-hydroxylation sites is 4. The van der Waals surface area contributed by atoms with Gasteiger partial charge in [-0.25, -0.2) is 4.98 Å². The minimum absolute atomic E-state index is 0.937. The maximum atomic E-state index is 5.15. The minimum atomic E-state index is 0.937. The van der Waals surface area contributed by atoms with Gasteiger partial charge in [0.1, 0.15) is 5.82 Å². The Bertz CT molecular complexity index is 2010. The SMILES string of the molecule is c1ccc(-c2ccc(-n3c(-c4ccc5c(c4)Sc4ccccc4N5c4ccccc4)nc4ccccc43)cc2)cc1. The van der Waals surface area contributed by atoms with E-state index >= 15 is 0 Å². The van der Waals surface area contributed by atoms with Crippen molar-refractivity contribution in [1.82, 2.24) is 9.55 Å². The molecule has 1 aromatic heterocycles. The molecule has 3 nitrogen and oxygen atoms in total. The van der Waals surface area contributed by atoms with Crippen LogP contribution < -0.4 is 4.90 Å². The summed E-state index contributed by atoms with van der Waals surface area (Å²) < 4.78 is 2.28. The smallest absolute Gasteiger partial charge is 0.145 e. The van der Waals surface area contributed by atoms with E-state index < -0.39 is 0 Å². The summed E-state index contributed by atoms with van der Waals surface area (Å²) in [7, 11) is 0. The molecule has 0 amide bonds. The van der Waals surface area contributed by atoms with Crippen LogP contribution in [0.4, 0.5) is 17.1 Å². The molecule has 0 unspecified atom stereocenters. The van der Waals surface area contributed by atoms with E-state index in [1.165, 1.54) is 32.3 Å².